The van der Waals surface area contributed by atoms with Gasteiger partial charge in [-0.2, -0.15) is 0 Å². The Morgan fingerprint density at radius 2 is 1.40 bits per heavy atom. The fourth-order valence-corrected chi connectivity index (χ4v) is 3.42. The molecule has 0 atom stereocenters. The molecule has 0 aliphatic heterocycles. The van der Waals surface area contributed by atoms with E-state index < -0.39 is 10.5 Å². The second kappa shape index (κ2) is 5.27. The Kier molecular flexibility index (Phi) is 4.80. The summed E-state index contributed by atoms with van der Waals surface area (Å²) in [5.74, 6) is 0. The Balaban J connectivity index is 3.69. The van der Waals surface area contributed by atoms with Gasteiger partial charge in [0.25, 0.3) is 10.5 Å². The molecule has 1 aromatic rings. The van der Waals surface area contributed by atoms with Gasteiger partial charge in [0.05, 0.1) is 11.1 Å². The summed E-state index contributed by atoms with van der Waals surface area (Å²) in [6.45, 7) is 0. The fraction of sp³-hybridized carbons (Fsp3) is 0. The zero-order chi connectivity index (χ0) is 11.7. The van der Waals surface area contributed by atoms with Gasteiger partial charge in [-0.3, -0.25) is 9.59 Å². The minimum Gasteiger partial charge on any atom is -0.276 e. The Bertz CT molecular complexity index is 460. The number of rotatable bonds is 2. The summed E-state index contributed by atoms with van der Waals surface area (Å²) in [4.78, 5) is 22.3. The van der Waals surface area contributed by atoms with E-state index in [4.69, 9.17) is 23.2 Å². The molecule has 0 unspecified atom stereocenters. The maximum absolute atomic E-state index is 11.2. The molecule has 0 bridgehead atoms. The lowest BCUT2D eigenvalue weighted by atomic mass is 10.1. The third kappa shape index (κ3) is 2.82. The number of carbonyl (C=O) groups excluding carboxylic acids is 2. The van der Waals surface area contributed by atoms with Crippen molar-refractivity contribution < 1.29 is 9.59 Å². The zero-order valence-electron chi connectivity index (χ0n) is 6.78. The van der Waals surface area contributed by atoms with Crippen LogP contribution in [-0.2, 0) is 0 Å². The van der Waals surface area contributed by atoms with Gasteiger partial charge in [-0.05, 0) is 77.1 Å². The van der Waals surface area contributed by atoms with E-state index in [1.54, 1.807) is 6.07 Å². The van der Waals surface area contributed by atoms with Crippen LogP contribution in [0.4, 0.5) is 0 Å². The molecule has 0 spiro atoms. The SMILES string of the molecule is O=C(Cl)c1c(Br)cc(Br)c(Br)c1C(=O)Cl. The standard InChI is InChI=1S/C8HBr3Cl2O2/c9-2-1-3(10)6(11)5(8(13)15)4(2)7(12)14/h1H. The Hall–Kier alpha value is 0.580. The van der Waals surface area contributed by atoms with Gasteiger partial charge in [0.1, 0.15) is 0 Å². The smallest absolute Gasteiger partial charge is 0.254 e. The number of carbonyl (C=O) groups is 2. The van der Waals surface area contributed by atoms with Crippen molar-refractivity contribution >= 4 is 81.5 Å². The minimum absolute atomic E-state index is 0.0397. The number of hydrogen-bond acceptors (Lipinski definition) is 2. The van der Waals surface area contributed by atoms with Gasteiger partial charge in [-0.25, -0.2) is 0 Å². The number of hydrogen-bond donors (Lipinski definition) is 0. The van der Waals surface area contributed by atoms with Gasteiger partial charge in [-0.15, -0.1) is 0 Å². The van der Waals surface area contributed by atoms with Crippen molar-refractivity contribution in [3.8, 4) is 0 Å². The lowest BCUT2D eigenvalue weighted by molar-refractivity contribution is 0.105. The maximum Gasteiger partial charge on any atom is 0.254 e. The van der Waals surface area contributed by atoms with Crippen molar-refractivity contribution in [3.05, 3.63) is 30.6 Å². The first-order valence-corrected chi connectivity index (χ1v) is 6.57. The van der Waals surface area contributed by atoms with Gasteiger partial charge in [-0.1, -0.05) is 0 Å². The van der Waals surface area contributed by atoms with Crippen molar-refractivity contribution in [1.29, 1.82) is 0 Å². The molecule has 1 aromatic carbocycles. The van der Waals surface area contributed by atoms with E-state index in [1.165, 1.54) is 0 Å². The van der Waals surface area contributed by atoms with E-state index in [-0.39, 0.29) is 11.1 Å². The third-order valence-electron chi connectivity index (χ3n) is 1.56. The summed E-state index contributed by atoms with van der Waals surface area (Å²) >= 11 is 20.2. The normalized spacial score (nSPS) is 10.2. The van der Waals surface area contributed by atoms with Crippen molar-refractivity contribution in [2.45, 2.75) is 0 Å². The molecule has 0 fully saturated rings. The quantitative estimate of drug-likeness (QED) is 0.493. The molecule has 2 nitrogen and oxygen atoms in total. The predicted octanol–water partition coefficient (Wildman–Crippen LogP) is 4.73. The van der Waals surface area contributed by atoms with E-state index in [0.717, 1.165) is 0 Å². The van der Waals surface area contributed by atoms with E-state index in [2.05, 4.69) is 47.8 Å². The van der Waals surface area contributed by atoms with E-state index >= 15 is 0 Å². The molecule has 7 heteroatoms. The number of halogens is 5. The topological polar surface area (TPSA) is 34.1 Å². The average Bonchev–Trinajstić information content (AvgIpc) is 2.09. The molecule has 0 aromatic heterocycles. The van der Waals surface area contributed by atoms with Gasteiger partial charge in [0, 0.05) is 13.4 Å². The molecule has 1 rings (SSSR count). The Labute approximate surface area is 121 Å². The molecule has 0 N–H and O–H groups in total. The highest BCUT2D eigenvalue weighted by atomic mass is 79.9. The van der Waals surface area contributed by atoms with Gasteiger partial charge >= 0.3 is 0 Å². The predicted molar refractivity (Wildman–Crippen MR) is 69.9 cm³/mol. The molecule has 0 radical (unpaired) electrons. The third-order valence-corrected chi connectivity index (χ3v) is 4.55. The van der Waals surface area contributed by atoms with Crippen LogP contribution < -0.4 is 0 Å². The summed E-state index contributed by atoms with van der Waals surface area (Å²) in [6, 6.07) is 1.60. The summed E-state index contributed by atoms with van der Waals surface area (Å²) in [5, 5.41) is -1.51. The molecule has 0 saturated carbocycles. The summed E-state index contributed by atoms with van der Waals surface area (Å²) in [7, 11) is 0. The first kappa shape index (κ1) is 13.6. The van der Waals surface area contributed by atoms with E-state index in [9.17, 15) is 9.59 Å². The lowest BCUT2D eigenvalue weighted by Gasteiger charge is -2.08. The first-order chi connectivity index (χ1) is 6.86. The largest absolute Gasteiger partial charge is 0.276 e. The first-order valence-electron chi connectivity index (χ1n) is 3.43. The van der Waals surface area contributed by atoms with Gasteiger partial charge < -0.3 is 0 Å². The second-order valence-electron chi connectivity index (χ2n) is 2.45. The Morgan fingerprint density at radius 3 is 1.80 bits per heavy atom. The van der Waals surface area contributed by atoms with Crippen LogP contribution in [0.5, 0.6) is 0 Å². The van der Waals surface area contributed by atoms with Crippen LogP contribution in [0, 0.1) is 0 Å². The monoisotopic (exact) mass is 436 g/mol. The van der Waals surface area contributed by atoms with Crippen molar-refractivity contribution in [1.82, 2.24) is 0 Å². The zero-order valence-corrected chi connectivity index (χ0v) is 13.1. The molecule has 0 amide bonds. The van der Waals surface area contributed by atoms with Gasteiger partial charge in [0.15, 0.2) is 0 Å². The summed E-state index contributed by atoms with van der Waals surface area (Å²) in [5.41, 5.74) is 0.0876. The van der Waals surface area contributed by atoms with Crippen LogP contribution in [0.15, 0.2) is 19.5 Å². The maximum atomic E-state index is 11.2. The summed E-state index contributed by atoms with van der Waals surface area (Å²) in [6.07, 6.45) is 0. The molecule has 15 heavy (non-hydrogen) atoms. The van der Waals surface area contributed by atoms with Crippen molar-refractivity contribution in [2.75, 3.05) is 0 Å². The van der Waals surface area contributed by atoms with E-state index in [1.807, 2.05) is 0 Å². The van der Waals surface area contributed by atoms with Crippen molar-refractivity contribution in [3.63, 3.8) is 0 Å². The highest BCUT2D eigenvalue weighted by molar-refractivity contribution is 9.13. The molecule has 0 heterocycles. The number of benzene rings is 1. The van der Waals surface area contributed by atoms with Crippen LogP contribution in [0.2, 0.25) is 0 Å². The van der Waals surface area contributed by atoms with Crippen LogP contribution in [-0.4, -0.2) is 10.5 Å². The average molecular weight is 440 g/mol. The second-order valence-corrected chi connectivity index (χ2v) is 5.64. The Morgan fingerprint density at radius 1 is 0.933 bits per heavy atom. The summed E-state index contributed by atoms with van der Waals surface area (Å²) < 4.78 is 1.40. The van der Waals surface area contributed by atoms with Gasteiger partial charge in [0.2, 0.25) is 0 Å². The van der Waals surface area contributed by atoms with Crippen molar-refractivity contribution in [2.24, 2.45) is 0 Å². The highest BCUT2D eigenvalue weighted by Crippen LogP contribution is 2.36. The van der Waals surface area contributed by atoms with Crippen LogP contribution in [0.3, 0.4) is 0 Å². The molecule has 0 aliphatic rings. The van der Waals surface area contributed by atoms with Crippen LogP contribution >= 0.6 is 71.0 Å². The molecular formula is C8HBr3Cl2O2. The molecular weight excluding hydrogens is 439 g/mol. The minimum atomic E-state index is -0.757. The fourth-order valence-electron chi connectivity index (χ4n) is 0.972. The van der Waals surface area contributed by atoms with Crippen LogP contribution in [0.25, 0.3) is 0 Å². The van der Waals surface area contributed by atoms with E-state index in [0.29, 0.717) is 13.4 Å². The highest BCUT2D eigenvalue weighted by Gasteiger charge is 2.22. The molecule has 0 aliphatic carbocycles. The molecule has 0 saturated heterocycles. The lowest BCUT2D eigenvalue weighted by Crippen LogP contribution is -2.04. The van der Waals surface area contributed by atoms with Crippen LogP contribution in [0.1, 0.15) is 20.7 Å². The molecule has 80 valence electrons.